The van der Waals surface area contributed by atoms with Gasteiger partial charge in [0.1, 0.15) is 0 Å². The second-order valence-electron chi connectivity index (χ2n) is 4.63. The van der Waals surface area contributed by atoms with Crippen LogP contribution in [0.15, 0.2) is 0 Å². The van der Waals surface area contributed by atoms with Gasteiger partial charge in [-0.1, -0.05) is 29.7 Å². The first-order valence-corrected chi connectivity index (χ1v) is 11.0. The van der Waals surface area contributed by atoms with Gasteiger partial charge in [0.15, 0.2) is 16.6 Å². The molecule has 0 amide bonds. The molecule has 16 heavy (non-hydrogen) atoms. The largest absolute Gasteiger partial charge is 0.421 e. The van der Waals surface area contributed by atoms with Crippen molar-refractivity contribution in [1.82, 2.24) is 0 Å². The van der Waals surface area contributed by atoms with Gasteiger partial charge in [-0.25, -0.2) is 0 Å². The Morgan fingerprint density at radius 3 is 0.562 bits per heavy atom. The molecule has 0 N–H and O–H groups in total. The minimum absolute atomic E-state index is 0. The van der Waals surface area contributed by atoms with Crippen LogP contribution in [0, 0.1) is 0 Å². The first-order valence-electron chi connectivity index (χ1n) is 4.22. The maximum Gasteiger partial charge on any atom is 0.183 e. The van der Waals surface area contributed by atoms with E-state index in [-0.39, 0.29) is 29.7 Å². The van der Waals surface area contributed by atoms with E-state index in [0.717, 1.165) is 0 Å². The molecular weight excluding hydrogens is 232 g/mol. The summed E-state index contributed by atoms with van der Waals surface area (Å²) >= 11 is 0. The highest BCUT2D eigenvalue weighted by Gasteiger charge is 2.09. The van der Waals surface area contributed by atoms with E-state index in [9.17, 15) is 0 Å². The summed E-state index contributed by atoms with van der Waals surface area (Å²) in [6.45, 7) is 13.0. The minimum Gasteiger partial charge on any atom is -0.421 e. The van der Waals surface area contributed by atoms with Crippen LogP contribution in [0.25, 0.3) is 0 Å². The Morgan fingerprint density at radius 2 is 0.562 bits per heavy atom. The van der Waals surface area contributed by atoms with Gasteiger partial charge in [-0.05, 0) is 39.3 Å². The molecule has 108 valence electrons. The third-order valence-corrected chi connectivity index (χ3v) is 3.67. The highest BCUT2D eigenvalue weighted by Crippen LogP contribution is 1.97. The summed E-state index contributed by atoms with van der Waals surface area (Å²) in [5, 5.41) is 0. The molecule has 0 aliphatic carbocycles. The van der Waals surface area contributed by atoms with Gasteiger partial charge in [-0.15, -0.1) is 0 Å². The van der Waals surface area contributed by atoms with E-state index in [4.69, 9.17) is 8.85 Å². The Labute approximate surface area is 109 Å². The zero-order chi connectivity index (χ0) is 10.4. The molecule has 0 heterocycles. The molecule has 0 aliphatic rings. The van der Waals surface area contributed by atoms with E-state index < -0.39 is 16.6 Å². The Kier molecular flexibility index (Phi) is 34.5. The highest BCUT2D eigenvalue weighted by atomic mass is 28.4. The van der Waals surface area contributed by atoms with Crippen LogP contribution in [0.4, 0.5) is 0 Å². The molecule has 0 saturated carbocycles. The molecule has 0 aromatic carbocycles. The first-order chi connectivity index (χ1) is 5.12. The summed E-state index contributed by atoms with van der Waals surface area (Å²) < 4.78 is 10.2. The predicted molar refractivity (Wildman–Crippen MR) is 87.6 cm³/mol. The molecule has 0 radical (unpaired) electrons. The Bertz CT molecular complexity index is 90.6. The quantitative estimate of drug-likeness (QED) is 0.620. The number of hydrogen-bond donors (Lipinski definition) is 0. The fourth-order valence-corrected chi connectivity index (χ4v) is 0. The summed E-state index contributed by atoms with van der Waals surface area (Å²) in [6.07, 6.45) is 0. The van der Waals surface area contributed by atoms with Crippen LogP contribution in [0.3, 0.4) is 0 Å². The van der Waals surface area contributed by atoms with Crippen molar-refractivity contribution in [1.29, 1.82) is 0 Å². The standard InChI is InChI=1S/2C4H12OSi.4CH4/c2*1-5-6(2,3)4;;;;/h2*1-4H3;4*1H4. The van der Waals surface area contributed by atoms with E-state index >= 15 is 0 Å². The van der Waals surface area contributed by atoms with Crippen molar-refractivity contribution >= 4 is 16.6 Å². The molecule has 0 atom stereocenters. The predicted octanol–water partition coefficient (Wildman–Crippen LogP) is 5.48. The van der Waals surface area contributed by atoms with Crippen LogP contribution >= 0.6 is 0 Å². The highest BCUT2D eigenvalue weighted by molar-refractivity contribution is 6.70. The van der Waals surface area contributed by atoms with Gasteiger partial charge in [0.25, 0.3) is 0 Å². The molecule has 0 saturated heterocycles. The lowest BCUT2D eigenvalue weighted by atomic mass is 11.8. The first kappa shape index (κ1) is 36.0. The molecular formula is C12H40O2Si2. The van der Waals surface area contributed by atoms with Crippen molar-refractivity contribution in [3.63, 3.8) is 0 Å². The summed E-state index contributed by atoms with van der Waals surface area (Å²) in [6, 6.07) is 0. The van der Waals surface area contributed by atoms with Crippen LogP contribution in [0.5, 0.6) is 0 Å². The van der Waals surface area contributed by atoms with E-state index in [1.807, 2.05) is 0 Å². The maximum absolute atomic E-state index is 5.08. The average Bonchev–Trinajstić information content (AvgIpc) is 1.86. The molecule has 0 rings (SSSR count). The van der Waals surface area contributed by atoms with Gasteiger partial charge in [-0.3, -0.25) is 0 Å². The molecule has 0 spiro atoms. The normalized spacial score (nSPS) is 9.00. The van der Waals surface area contributed by atoms with E-state index in [2.05, 4.69) is 39.3 Å². The number of hydrogen-bond acceptors (Lipinski definition) is 2. The van der Waals surface area contributed by atoms with Gasteiger partial charge in [0.05, 0.1) is 0 Å². The Balaban J connectivity index is -0.0000000250. The van der Waals surface area contributed by atoms with Crippen molar-refractivity contribution in [3.8, 4) is 0 Å². The monoisotopic (exact) mass is 272 g/mol. The fraction of sp³-hybridized carbons (Fsp3) is 1.00. The lowest BCUT2D eigenvalue weighted by Gasteiger charge is -2.10. The van der Waals surface area contributed by atoms with Gasteiger partial charge < -0.3 is 8.85 Å². The summed E-state index contributed by atoms with van der Waals surface area (Å²) in [5.74, 6) is 0. The van der Waals surface area contributed by atoms with Gasteiger partial charge >= 0.3 is 0 Å². The average molecular weight is 273 g/mol. The maximum atomic E-state index is 5.08. The fourth-order valence-electron chi connectivity index (χ4n) is 0. The minimum atomic E-state index is -1.13. The van der Waals surface area contributed by atoms with E-state index in [0.29, 0.717) is 0 Å². The van der Waals surface area contributed by atoms with Crippen LogP contribution in [0.2, 0.25) is 39.3 Å². The number of rotatable bonds is 2. The smallest absolute Gasteiger partial charge is 0.183 e. The summed E-state index contributed by atoms with van der Waals surface area (Å²) in [7, 11) is 1.28. The summed E-state index contributed by atoms with van der Waals surface area (Å²) in [5.41, 5.74) is 0. The van der Waals surface area contributed by atoms with Crippen LogP contribution in [0.1, 0.15) is 29.7 Å². The molecule has 4 heteroatoms. The third kappa shape index (κ3) is 63.4. The second kappa shape index (κ2) is 15.4. The summed E-state index contributed by atoms with van der Waals surface area (Å²) in [4.78, 5) is 0. The zero-order valence-electron chi connectivity index (χ0n) is 9.82. The molecule has 0 unspecified atom stereocenters. The molecule has 0 aromatic rings. The van der Waals surface area contributed by atoms with Gasteiger partial charge in [-0.2, -0.15) is 0 Å². The molecule has 0 fully saturated rings. The van der Waals surface area contributed by atoms with Crippen LogP contribution in [-0.2, 0) is 8.85 Å². The van der Waals surface area contributed by atoms with Crippen molar-refractivity contribution in [2.24, 2.45) is 0 Å². The van der Waals surface area contributed by atoms with Gasteiger partial charge in [0.2, 0.25) is 0 Å². The Morgan fingerprint density at radius 1 is 0.500 bits per heavy atom. The molecule has 0 bridgehead atoms. The lowest BCUT2D eigenvalue weighted by Crippen LogP contribution is -2.22. The second-order valence-corrected chi connectivity index (χ2v) is 13.9. The van der Waals surface area contributed by atoms with Crippen molar-refractivity contribution in [3.05, 3.63) is 0 Å². The Hall–Kier alpha value is 0.354. The van der Waals surface area contributed by atoms with E-state index in [1.165, 1.54) is 0 Å². The third-order valence-electron chi connectivity index (χ3n) is 1.22. The SMILES string of the molecule is C.C.C.C.CO[Si](C)(C)C.CO[Si](C)(C)C. The van der Waals surface area contributed by atoms with Crippen molar-refractivity contribution in [2.45, 2.75) is 69.0 Å². The molecule has 0 aromatic heterocycles. The lowest BCUT2D eigenvalue weighted by molar-refractivity contribution is 0.410. The molecule has 2 nitrogen and oxygen atoms in total. The van der Waals surface area contributed by atoms with Crippen molar-refractivity contribution < 1.29 is 8.85 Å². The van der Waals surface area contributed by atoms with Crippen LogP contribution in [-0.4, -0.2) is 30.9 Å². The van der Waals surface area contributed by atoms with Crippen molar-refractivity contribution in [2.75, 3.05) is 14.2 Å². The molecule has 0 aliphatic heterocycles. The van der Waals surface area contributed by atoms with Crippen LogP contribution < -0.4 is 0 Å². The van der Waals surface area contributed by atoms with E-state index in [1.54, 1.807) is 14.2 Å². The zero-order valence-corrected chi connectivity index (χ0v) is 11.8. The van der Waals surface area contributed by atoms with Gasteiger partial charge in [0, 0.05) is 14.2 Å². The topological polar surface area (TPSA) is 18.5 Å².